The smallest absolute Gasteiger partial charge is 0.223 e. The van der Waals surface area contributed by atoms with Crippen molar-refractivity contribution in [2.45, 2.75) is 39.7 Å². The van der Waals surface area contributed by atoms with Crippen LogP contribution in [0.25, 0.3) is 0 Å². The lowest BCUT2D eigenvalue weighted by Crippen LogP contribution is -2.42. The highest BCUT2D eigenvalue weighted by Gasteiger charge is 2.19. The zero-order valence-corrected chi connectivity index (χ0v) is 14.2. The van der Waals surface area contributed by atoms with Crippen molar-refractivity contribution < 1.29 is 9.59 Å². The molecule has 0 spiro atoms. The van der Waals surface area contributed by atoms with E-state index in [2.05, 4.69) is 5.32 Å². The Balaban J connectivity index is 2.82. The van der Waals surface area contributed by atoms with Gasteiger partial charge in [-0.05, 0) is 39.0 Å². The molecule has 1 rings (SSSR count). The molecule has 0 unspecified atom stereocenters. The van der Waals surface area contributed by atoms with E-state index < -0.39 is 0 Å². The monoisotopic (exact) mass is 330 g/mol. The molecule has 1 aromatic rings. The minimum absolute atomic E-state index is 0.119. The maximum atomic E-state index is 11.9. The summed E-state index contributed by atoms with van der Waals surface area (Å²) in [6.07, 6.45) is 0.194. The number of carbonyl (C=O) groups excluding carboxylic acids is 2. The molecule has 21 heavy (non-hydrogen) atoms. The molecule has 0 aromatic heterocycles. The van der Waals surface area contributed by atoms with Crippen LogP contribution in [0.5, 0.6) is 0 Å². The van der Waals surface area contributed by atoms with E-state index >= 15 is 0 Å². The van der Waals surface area contributed by atoms with Gasteiger partial charge in [0.1, 0.15) is 0 Å². The Morgan fingerprint density at radius 3 is 2.38 bits per heavy atom. The minimum Gasteiger partial charge on any atom is -0.351 e. The van der Waals surface area contributed by atoms with Crippen molar-refractivity contribution in [1.29, 1.82) is 0 Å². The number of halogens is 2. The molecule has 2 amide bonds. The topological polar surface area (TPSA) is 49.4 Å². The molecule has 1 aromatic carbocycles. The summed E-state index contributed by atoms with van der Waals surface area (Å²) in [7, 11) is 0. The second kappa shape index (κ2) is 7.14. The first kappa shape index (κ1) is 17.8. The second-order valence-corrected chi connectivity index (χ2v) is 6.66. The molecule has 0 aliphatic heterocycles. The van der Waals surface area contributed by atoms with Gasteiger partial charge in [0, 0.05) is 30.5 Å². The molecule has 1 N–H and O–H groups in total. The van der Waals surface area contributed by atoms with Gasteiger partial charge < -0.3 is 10.2 Å². The van der Waals surface area contributed by atoms with Gasteiger partial charge in [0.15, 0.2) is 0 Å². The van der Waals surface area contributed by atoms with E-state index in [9.17, 15) is 9.59 Å². The molecule has 0 radical (unpaired) electrons. The first-order valence-corrected chi connectivity index (χ1v) is 7.40. The highest BCUT2D eigenvalue weighted by Crippen LogP contribution is 2.29. The first-order valence-electron chi connectivity index (χ1n) is 6.64. The minimum atomic E-state index is -0.300. The van der Waals surface area contributed by atoms with E-state index in [0.29, 0.717) is 15.7 Å². The van der Waals surface area contributed by atoms with Gasteiger partial charge in [0.2, 0.25) is 11.8 Å². The number of carbonyl (C=O) groups is 2. The summed E-state index contributed by atoms with van der Waals surface area (Å²) in [5, 5.41) is 3.76. The van der Waals surface area contributed by atoms with Crippen LogP contribution in [0, 0.1) is 0 Å². The van der Waals surface area contributed by atoms with Crippen LogP contribution in [0.3, 0.4) is 0 Å². The zero-order chi connectivity index (χ0) is 16.2. The molecule has 0 fully saturated rings. The predicted octanol–water partition coefficient (Wildman–Crippen LogP) is 3.65. The first-order chi connectivity index (χ1) is 9.60. The summed E-state index contributed by atoms with van der Waals surface area (Å²) in [5.41, 5.74) is 0.214. The van der Waals surface area contributed by atoms with Crippen LogP contribution in [0.4, 0.5) is 5.69 Å². The van der Waals surface area contributed by atoms with E-state index in [1.807, 2.05) is 20.8 Å². The lowest BCUT2D eigenvalue weighted by atomic mass is 10.1. The van der Waals surface area contributed by atoms with Gasteiger partial charge in [-0.2, -0.15) is 0 Å². The van der Waals surface area contributed by atoms with Gasteiger partial charge in [-0.3, -0.25) is 9.59 Å². The van der Waals surface area contributed by atoms with Crippen LogP contribution < -0.4 is 10.2 Å². The molecule has 0 heterocycles. The van der Waals surface area contributed by atoms with Gasteiger partial charge >= 0.3 is 0 Å². The Labute approximate surface area is 135 Å². The van der Waals surface area contributed by atoms with Crippen LogP contribution in [0.1, 0.15) is 34.1 Å². The van der Waals surface area contributed by atoms with Crippen LogP contribution >= 0.6 is 23.2 Å². The van der Waals surface area contributed by atoms with Crippen molar-refractivity contribution in [3.63, 3.8) is 0 Å². The fourth-order valence-corrected chi connectivity index (χ4v) is 2.22. The summed E-state index contributed by atoms with van der Waals surface area (Å²) in [5.74, 6) is -0.311. The highest BCUT2D eigenvalue weighted by molar-refractivity contribution is 6.35. The van der Waals surface area contributed by atoms with Crippen LogP contribution in [0.15, 0.2) is 18.2 Å². The van der Waals surface area contributed by atoms with Crippen LogP contribution in [-0.4, -0.2) is 23.9 Å². The molecule has 0 atom stereocenters. The largest absolute Gasteiger partial charge is 0.351 e. The molecule has 4 nitrogen and oxygen atoms in total. The summed E-state index contributed by atoms with van der Waals surface area (Å²) >= 11 is 12.0. The van der Waals surface area contributed by atoms with E-state index in [4.69, 9.17) is 23.2 Å². The number of hydrogen-bond donors (Lipinski definition) is 1. The molecular weight excluding hydrogens is 311 g/mol. The predicted molar refractivity (Wildman–Crippen MR) is 87.0 cm³/mol. The number of benzene rings is 1. The summed E-state index contributed by atoms with van der Waals surface area (Å²) in [4.78, 5) is 25.1. The fourth-order valence-electron chi connectivity index (χ4n) is 1.83. The van der Waals surface area contributed by atoms with E-state index in [-0.39, 0.29) is 30.3 Å². The average Bonchev–Trinajstić information content (AvgIpc) is 2.31. The summed E-state index contributed by atoms with van der Waals surface area (Å²) < 4.78 is 0. The van der Waals surface area contributed by atoms with Crippen LogP contribution in [0.2, 0.25) is 10.0 Å². The van der Waals surface area contributed by atoms with Crippen molar-refractivity contribution in [3.8, 4) is 0 Å². The lowest BCUT2D eigenvalue weighted by molar-refractivity contribution is -0.122. The number of nitrogens with one attached hydrogen (secondary N) is 1. The van der Waals surface area contributed by atoms with E-state index in [1.165, 1.54) is 11.8 Å². The Kier molecular flexibility index (Phi) is 6.05. The van der Waals surface area contributed by atoms with Gasteiger partial charge in [0.25, 0.3) is 0 Å². The maximum Gasteiger partial charge on any atom is 0.223 e. The second-order valence-electron chi connectivity index (χ2n) is 5.81. The standard InChI is InChI=1S/C15H20Cl2N2O2/c1-10(20)19(8-7-14(21)18-15(2,3)4)13-9-11(16)5-6-12(13)17/h5-6,9H,7-8H2,1-4H3,(H,18,21). The summed E-state index contributed by atoms with van der Waals surface area (Å²) in [6.45, 7) is 7.39. The zero-order valence-electron chi connectivity index (χ0n) is 12.7. The van der Waals surface area contributed by atoms with Gasteiger partial charge in [0.05, 0.1) is 10.7 Å². The number of anilines is 1. The number of rotatable bonds is 4. The third-order valence-electron chi connectivity index (χ3n) is 2.66. The normalized spacial score (nSPS) is 11.1. The van der Waals surface area contributed by atoms with Crippen molar-refractivity contribution in [2.75, 3.05) is 11.4 Å². The van der Waals surface area contributed by atoms with Crippen molar-refractivity contribution in [3.05, 3.63) is 28.2 Å². The van der Waals surface area contributed by atoms with Crippen molar-refractivity contribution in [2.24, 2.45) is 0 Å². The third-order valence-corrected chi connectivity index (χ3v) is 3.21. The van der Waals surface area contributed by atoms with Crippen molar-refractivity contribution >= 4 is 40.7 Å². The third kappa shape index (κ3) is 5.94. The Hall–Kier alpha value is -1.26. The highest BCUT2D eigenvalue weighted by atomic mass is 35.5. The molecule has 116 valence electrons. The molecule has 0 saturated heterocycles. The quantitative estimate of drug-likeness (QED) is 0.915. The Bertz CT molecular complexity index is 539. The van der Waals surface area contributed by atoms with E-state index in [0.717, 1.165) is 0 Å². The molecule has 0 saturated carbocycles. The SMILES string of the molecule is CC(=O)N(CCC(=O)NC(C)(C)C)c1cc(Cl)ccc1Cl. The van der Waals surface area contributed by atoms with Crippen LogP contribution in [-0.2, 0) is 9.59 Å². The fraction of sp³-hybridized carbons (Fsp3) is 0.467. The maximum absolute atomic E-state index is 11.9. The molecular formula is C15H20Cl2N2O2. The molecule has 0 bridgehead atoms. The molecule has 0 aliphatic rings. The summed E-state index contributed by atoms with van der Waals surface area (Å²) in [6, 6.07) is 4.90. The number of hydrogen-bond acceptors (Lipinski definition) is 2. The molecule has 0 aliphatic carbocycles. The van der Waals surface area contributed by atoms with Crippen molar-refractivity contribution in [1.82, 2.24) is 5.32 Å². The number of nitrogens with zero attached hydrogens (tertiary/aromatic N) is 1. The Morgan fingerprint density at radius 1 is 1.24 bits per heavy atom. The number of amides is 2. The Morgan fingerprint density at radius 2 is 1.86 bits per heavy atom. The lowest BCUT2D eigenvalue weighted by Gasteiger charge is -2.24. The van der Waals surface area contributed by atoms with E-state index in [1.54, 1.807) is 18.2 Å². The van der Waals surface area contributed by atoms with Gasteiger partial charge in [-0.25, -0.2) is 0 Å². The average molecular weight is 331 g/mol. The van der Waals surface area contributed by atoms with Gasteiger partial charge in [-0.15, -0.1) is 0 Å². The molecule has 6 heteroatoms. The van der Waals surface area contributed by atoms with Gasteiger partial charge in [-0.1, -0.05) is 23.2 Å².